The van der Waals surface area contributed by atoms with Gasteiger partial charge in [0.2, 0.25) is 0 Å². The van der Waals surface area contributed by atoms with E-state index in [2.05, 4.69) is 13.8 Å². The maximum Gasteiger partial charge on any atom is 0.335 e. The average molecular weight is 224 g/mol. The van der Waals surface area contributed by atoms with Crippen molar-refractivity contribution in [1.29, 1.82) is 0 Å². The third-order valence-electron chi connectivity index (χ3n) is 1.99. The lowest BCUT2D eigenvalue weighted by atomic mass is 10.1. The zero-order chi connectivity index (χ0) is 11.4. The first-order valence-electron chi connectivity index (χ1n) is 4.97. The Kier molecular flexibility index (Phi) is 4.21. The number of hydrogen-bond donors (Lipinski definition) is 1. The molecule has 2 nitrogen and oxygen atoms in total. The SMILES string of the molecule is Cc1cc(C(=O)O)ccc1SCC(C)C. The van der Waals surface area contributed by atoms with Crippen molar-refractivity contribution < 1.29 is 9.90 Å². The largest absolute Gasteiger partial charge is 0.478 e. The summed E-state index contributed by atoms with van der Waals surface area (Å²) in [4.78, 5) is 11.9. The van der Waals surface area contributed by atoms with Gasteiger partial charge in [0.05, 0.1) is 5.56 Å². The standard InChI is InChI=1S/C12H16O2S/c1-8(2)7-15-11-5-4-10(12(13)14)6-9(11)3/h4-6,8H,7H2,1-3H3,(H,13,14). The average Bonchev–Trinajstić information content (AvgIpc) is 2.15. The maximum atomic E-state index is 10.7. The van der Waals surface area contributed by atoms with E-state index in [0.717, 1.165) is 11.3 Å². The first kappa shape index (κ1) is 12.1. The number of carboxylic acids is 1. The second-order valence-corrected chi connectivity index (χ2v) is 5.05. The number of aryl methyl sites for hydroxylation is 1. The van der Waals surface area contributed by atoms with Crippen LogP contribution in [0.15, 0.2) is 23.1 Å². The van der Waals surface area contributed by atoms with Gasteiger partial charge in [-0.05, 0) is 36.6 Å². The van der Waals surface area contributed by atoms with E-state index in [1.54, 1.807) is 23.9 Å². The van der Waals surface area contributed by atoms with Gasteiger partial charge in [-0.15, -0.1) is 11.8 Å². The zero-order valence-corrected chi connectivity index (χ0v) is 10.1. The highest BCUT2D eigenvalue weighted by molar-refractivity contribution is 7.99. The molecule has 1 rings (SSSR count). The first-order valence-corrected chi connectivity index (χ1v) is 5.96. The summed E-state index contributed by atoms with van der Waals surface area (Å²) >= 11 is 1.78. The smallest absolute Gasteiger partial charge is 0.335 e. The number of carbonyl (C=O) groups is 1. The van der Waals surface area contributed by atoms with Gasteiger partial charge in [0, 0.05) is 10.6 Å². The van der Waals surface area contributed by atoms with E-state index in [0.29, 0.717) is 11.5 Å². The van der Waals surface area contributed by atoms with Gasteiger partial charge in [0.1, 0.15) is 0 Å². The molecule has 0 amide bonds. The fourth-order valence-electron chi connectivity index (χ4n) is 1.20. The van der Waals surface area contributed by atoms with Crippen molar-refractivity contribution >= 4 is 17.7 Å². The van der Waals surface area contributed by atoms with Gasteiger partial charge >= 0.3 is 5.97 Å². The minimum atomic E-state index is -0.862. The Morgan fingerprint density at radius 3 is 2.60 bits per heavy atom. The third kappa shape index (κ3) is 3.59. The molecule has 1 aromatic carbocycles. The highest BCUT2D eigenvalue weighted by Gasteiger charge is 2.06. The monoisotopic (exact) mass is 224 g/mol. The Hall–Kier alpha value is -0.960. The Bertz CT molecular complexity index is 359. The molecule has 0 aliphatic carbocycles. The Labute approximate surface area is 94.7 Å². The quantitative estimate of drug-likeness (QED) is 0.796. The second kappa shape index (κ2) is 5.21. The van der Waals surface area contributed by atoms with Gasteiger partial charge in [-0.2, -0.15) is 0 Å². The van der Waals surface area contributed by atoms with Crippen LogP contribution in [0.1, 0.15) is 29.8 Å². The molecule has 0 radical (unpaired) electrons. The van der Waals surface area contributed by atoms with Crippen LogP contribution in [0.4, 0.5) is 0 Å². The van der Waals surface area contributed by atoms with Crippen LogP contribution in [0.2, 0.25) is 0 Å². The fourth-order valence-corrected chi connectivity index (χ4v) is 2.16. The van der Waals surface area contributed by atoms with Crippen molar-refractivity contribution in [2.45, 2.75) is 25.7 Å². The first-order chi connectivity index (χ1) is 7.00. The Morgan fingerprint density at radius 2 is 2.13 bits per heavy atom. The molecule has 0 fully saturated rings. The predicted octanol–water partition coefficient (Wildman–Crippen LogP) is 3.44. The molecular weight excluding hydrogens is 208 g/mol. The molecular formula is C12H16O2S. The van der Waals surface area contributed by atoms with Crippen LogP contribution < -0.4 is 0 Å². The normalized spacial score (nSPS) is 10.7. The van der Waals surface area contributed by atoms with Gasteiger partial charge in [0.15, 0.2) is 0 Å². The molecule has 0 heterocycles. The van der Waals surface area contributed by atoms with E-state index in [1.807, 2.05) is 13.0 Å². The lowest BCUT2D eigenvalue weighted by Gasteiger charge is -2.08. The van der Waals surface area contributed by atoms with E-state index >= 15 is 0 Å². The van der Waals surface area contributed by atoms with Crippen LogP contribution in [0.3, 0.4) is 0 Å². The second-order valence-electron chi connectivity index (χ2n) is 3.99. The zero-order valence-electron chi connectivity index (χ0n) is 9.28. The number of aromatic carboxylic acids is 1. The van der Waals surface area contributed by atoms with Gasteiger partial charge < -0.3 is 5.11 Å². The molecule has 82 valence electrons. The Balaban J connectivity index is 2.79. The van der Waals surface area contributed by atoms with Crippen LogP contribution in [-0.2, 0) is 0 Å². The molecule has 3 heteroatoms. The van der Waals surface area contributed by atoms with E-state index in [1.165, 1.54) is 4.90 Å². The van der Waals surface area contributed by atoms with Gasteiger partial charge in [-0.1, -0.05) is 13.8 Å². The fraction of sp³-hybridized carbons (Fsp3) is 0.417. The molecule has 0 aliphatic rings. The molecule has 0 unspecified atom stereocenters. The molecule has 1 N–H and O–H groups in total. The third-order valence-corrected chi connectivity index (χ3v) is 3.60. The van der Waals surface area contributed by atoms with Crippen molar-refractivity contribution in [3.8, 4) is 0 Å². The molecule has 15 heavy (non-hydrogen) atoms. The summed E-state index contributed by atoms with van der Waals surface area (Å²) in [7, 11) is 0. The summed E-state index contributed by atoms with van der Waals surface area (Å²) in [6, 6.07) is 5.29. The van der Waals surface area contributed by atoms with Crippen molar-refractivity contribution in [1.82, 2.24) is 0 Å². The van der Waals surface area contributed by atoms with Crippen LogP contribution >= 0.6 is 11.8 Å². The summed E-state index contributed by atoms with van der Waals surface area (Å²) < 4.78 is 0. The predicted molar refractivity (Wildman–Crippen MR) is 63.7 cm³/mol. The van der Waals surface area contributed by atoms with Crippen LogP contribution in [0, 0.1) is 12.8 Å². The van der Waals surface area contributed by atoms with Crippen LogP contribution in [0.25, 0.3) is 0 Å². The number of hydrogen-bond acceptors (Lipinski definition) is 2. The molecule has 0 saturated heterocycles. The number of carboxylic acid groups (broad SMARTS) is 1. The van der Waals surface area contributed by atoms with E-state index < -0.39 is 5.97 Å². The summed E-state index contributed by atoms with van der Waals surface area (Å²) in [5, 5.41) is 8.81. The molecule has 0 atom stereocenters. The molecule has 0 saturated carbocycles. The highest BCUT2D eigenvalue weighted by Crippen LogP contribution is 2.25. The van der Waals surface area contributed by atoms with Gasteiger partial charge in [0.25, 0.3) is 0 Å². The van der Waals surface area contributed by atoms with Crippen molar-refractivity contribution in [2.24, 2.45) is 5.92 Å². The lowest BCUT2D eigenvalue weighted by molar-refractivity contribution is 0.0696. The lowest BCUT2D eigenvalue weighted by Crippen LogP contribution is -1.97. The molecule has 0 aliphatic heterocycles. The van der Waals surface area contributed by atoms with Crippen molar-refractivity contribution in [3.63, 3.8) is 0 Å². The van der Waals surface area contributed by atoms with Crippen molar-refractivity contribution in [2.75, 3.05) is 5.75 Å². The number of thioether (sulfide) groups is 1. The summed E-state index contributed by atoms with van der Waals surface area (Å²) in [5.74, 6) is 0.847. The summed E-state index contributed by atoms with van der Waals surface area (Å²) in [6.45, 7) is 6.30. The molecule has 0 spiro atoms. The number of rotatable bonds is 4. The minimum absolute atomic E-state index is 0.362. The van der Waals surface area contributed by atoms with E-state index in [-0.39, 0.29) is 0 Å². The topological polar surface area (TPSA) is 37.3 Å². The minimum Gasteiger partial charge on any atom is -0.478 e. The molecule has 0 bridgehead atoms. The summed E-state index contributed by atoms with van der Waals surface area (Å²) in [5.41, 5.74) is 1.40. The van der Waals surface area contributed by atoms with Crippen LogP contribution in [0.5, 0.6) is 0 Å². The Morgan fingerprint density at radius 1 is 1.47 bits per heavy atom. The number of benzene rings is 1. The summed E-state index contributed by atoms with van der Waals surface area (Å²) in [6.07, 6.45) is 0. The van der Waals surface area contributed by atoms with Crippen molar-refractivity contribution in [3.05, 3.63) is 29.3 Å². The van der Waals surface area contributed by atoms with E-state index in [9.17, 15) is 4.79 Å². The van der Waals surface area contributed by atoms with E-state index in [4.69, 9.17) is 5.11 Å². The molecule has 0 aromatic heterocycles. The molecule has 1 aromatic rings. The van der Waals surface area contributed by atoms with Gasteiger partial charge in [-0.25, -0.2) is 4.79 Å². The highest BCUT2D eigenvalue weighted by atomic mass is 32.2. The maximum absolute atomic E-state index is 10.7. The van der Waals surface area contributed by atoms with Gasteiger partial charge in [-0.3, -0.25) is 0 Å². The van der Waals surface area contributed by atoms with Crippen LogP contribution in [-0.4, -0.2) is 16.8 Å².